The summed E-state index contributed by atoms with van der Waals surface area (Å²) < 4.78 is 6.65. The number of benzene rings is 1. The summed E-state index contributed by atoms with van der Waals surface area (Å²) in [5, 5.41) is 12.5. The first-order valence-corrected chi connectivity index (χ1v) is 12.2. The number of ketones is 1. The first kappa shape index (κ1) is 24.3. The maximum absolute atomic E-state index is 13.0. The molecular formula is C25H27N7O5. The fourth-order valence-corrected chi connectivity index (χ4v) is 4.70. The van der Waals surface area contributed by atoms with E-state index in [0.29, 0.717) is 23.9 Å². The van der Waals surface area contributed by atoms with E-state index < -0.39 is 5.91 Å². The number of hydrogen-bond donors (Lipinski definition) is 3. The monoisotopic (exact) mass is 505 g/mol. The molecule has 12 nitrogen and oxygen atoms in total. The largest absolute Gasteiger partial charge is 0.482 e. The Kier molecular flexibility index (Phi) is 6.80. The number of nitrogens with one attached hydrogen (secondary N) is 3. The number of carbonyl (C=O) groups excluding carboxylic acids is 4. The predicted molar refractivity (Wildman–Crippen MR) is 131 cm³/mol. The molecule has 5 rings (SSSR count). The van der Waals surface area contributed by atoms with Crippen LogP contribution in [-0.2, 0) is 16.1 Å². The third-order valence-electron chi connectivity index (χ3n) is 6.82. The SMILES string of the molecule is CC(=O)C1CCC(CNC(=O)c2cc(C(=O)NCc3ccc4c(c3)NC(=O)CO4)nc3ncnn23)CC1. The van der Waals surface area contributed by atoms with Crippen LogP contribution < -0.4 is 20.7 Å². The van der Waals surface area contributed by atoms with E-state index in [1.54, 1.807) is 25.1 Å². The maximum Gasteiger partial charge on any atom is 0.270 e. The molecule has 1 saturated carbocycles. The molecule has 192 valence electrons. The molecule has 3 aromatic rings. The van der Waals surface area contributed by atoms with Gasteiger partial charge in [-0.15, -0.1) is 0 Å². The smallest absolute Gasteiger partial charge is 0.270 e. The van der Waals surface area contributed by atoms with Crippen LogP contribution in [0.2, 0.25) is 0 Å². The highest BCUT2D eigenvalue weighted by molar-refractivity contribution is 5.98. The predicted octanol–water partition coefficient (Wildman–Crippen LogP) is 1.51. The van der Waals surface area contributed by atoms with Crippen LogP contribution >= 0.6 is 0 Å². The van der Waals surface area contributed by atoms with Gasteiger partial charge < -0.3 is 20.7 Å². The maximum atomic E-state index is 13.0. The van der Waals surface area contributed by atoms with Gasteiger partial charge in [0.1, 0.15) is 29.2 Å². The molecule has 2 aromatic heterocycles. The lowest BCUT2D eigenvalue weighted by Gasteiger charge is -2.27. The topological polar surface area (TPSA) is 157 Å². The minimum atomic E-state index is -0.486. The van der Waals surface area contributed by atoms with E-state index >= 15 is 0 Å². The molecule has 1 aromatic carbocycles. The van der Waals surface area contributed by atoms with Gasteiger partial charge in [-0.05, 0) is 56.2 Å². The number of aromatic nitrogens is 4. The third-order valence-corrected chi connectivity index (χ3v) is 6.82. The Bertz CT molecular complexity index is 1380. The Morgan fingerprint density at radius 3 is 2.70 bits per heavy atom. The lowest BCUT2D eigenvalue weighted by molar-refractivity contribution is -0.122. The van der Waals surface area contributed by atoms with Crippen molar-refractivity contribution in [3.05, 3.63) is 47.5 Å². The minimum Gasteiger partial charge on any atom is -0.482 e. The molecule has 2 aliphatic rings. The molecule has 1 aliphatic heterocycles. The zero-order chi connectivity index (χ0) is 25.9. The number of carbonyl (C=O) groups is 4. The van der Waals surface area contributed by atoms with Crippen LogP contribution in [0.3, 0.4) is 0 Å². The Labute approximate surface area is 212 Å². The standard InChI is InChI=1S/C25H27N7O5/c1-14(33)17-5-2-15(3-6-17)10-27-24(36)20-9-19(31-25-28-13-29-32(20)25)23(35)26-11-16-4-7-21-18(8-16)30-22(34)12-37-21/h4,7-9,13,15,17H,2-3,5-6,10-12H2,1H3,(H,26,35)(H,27,36)(H,30,34). The van der Waals surface area contributed by atoms with Gasteiger partial charge in [0.2, 0.25) is 0 Å². The van der Waals surface area contributed by atoms with E-state index in [-0.39, 0.29) is 53.8 Å². The van der Waals surface area contributed by atoms with Crippen LogP contribution in [0, 0.1) is 11.8 Å². The molecule has 1 fully saturated rings. The molecule has 3 N–H and O–H groups in total. The van der Waals surface area contributed by atoms with Crippen LogP contribution in [0.25, 0.3) is 5.78 Å². The number of fused-ring (bicyclic) bond motifs is 2. The molecule has 37 heavy (non-hydrogen) atoms. The van der Waals surface area contributed by atoms with Crippen molar-refractivity contribution in [2.75, 3.05) is 18.5 Å². The van der Waals surface area contributed by atoms with Crippen molar-refractivity contribution in [2.24, 2.45) is 11.8 Å². The van der Waals surface area contributed by atoms with Crippen LogP contribution in [0.1, 0.15) is 59.1 Å². The molecule has 1 aliphatic carbocycles. The molecule has 12 heteroatoms. The Morgan fingerprint density at radius 2 is 1.92 bits per heavy atom. The number of nitrogens with zero attached hydrogens (tertiary/aromatic N) is 4. The summed E-state index contributed by atoms with van der Waals surface area (Å²) in [6.07, 6.45) is 4.71. The van der Waals surface area contributed by atoms with Gasteiger partial charge in [0.05, 0.1) is 5.69 Å². The third kappa shape index (κ3) is 5.42. The van der Waals surface area contributed by atoms with Crippen LogP contribution in [-0.4, -0.2) is 56.2 Å². The summed E-state index contributed by atoms with van der Waals surface area (Å²) in [5.41, 5.74) is 1.47. The Hall–Kier alpha value is -4.35. The second-order valence-corrected chi connectivity index (χ2v) is 9.39. The van der Waals surface area contributed by atoms with Crippen molar-refractivity contribution in [1.29, 1.82) is 0 Å². The molecule has 3 heterocycles. The molecule has 0 spiro atoms. The molecule has 3 amide bonds. The molecule has 0 atom stereocenters. The van der Waals surface area contributed by atoms with Crippen molar-refractivity contribution in [1.82, 2.24) is 30.2 Å². The summed E-state index contributed by atoms with van der Waals surface area (Å²) in [4.78, 5) is 57.4. The first-order valence-electron chi connectivity index (χ1n) is 12.2. The highest BCUT2D eigenvalue weighted by atomic mass is 16.5. The molecule has 0 saturated heterocycles. The summed E-state index contributed by atoms with van der Waals surface area (Å²) in [5.74, 6) is 0.231. The van der Waals surface area contributed by atoms with Crippen molar-refractivity contribution >= 4 is 35.0 Å². The Morgan fingerprint density at radius 1 is 1.11 bits per heavy atom. The lowest BCUT2D eigenvalue weighted by atomic mass is 9.80. The van der Waals surface area contributed by atoms with E-state index in [4.69, 9.17) is 4.74 Å². The van der Waals surface area contributed by atoms with E-state index in [0.717, 1.165) is 31.2 Å². The summed E-state index contributed by atoms with van der Waals surface area (Å²) in [6.45, 7) is 2.25. The number of anilines is 1. The zero-order valence-electron chi connectivity index (χ0n) is 20.3. The number of hydrogen-bond acceptors (Lipinski definition) is 8. The Balaban J connectivity index is 1.24. The second-order valence-electron chi connectivity index (χ2n) is 9.39. The number of rotatable bonds is 7. The fourth-order valence-electron chi connectivity index (χ4n) is 4.70. The van der Waals surface area contributed by atoms with Gasteiger partial charge in [0, 0.05) is 25.1 Å². The highest BCUT2D eigenvalue weighted by Gasteiger charge is 2.25. The zero-order valence-corrected chi connectivity index (χ0v) is 20.3. The molecule has 0 unspecified atom stereocenters. The van der Waals surface area contributed by atoms with Crippen molar-refractivity contribution in [3.8, 4) is 5.75 Å². The van der Waals surface area contributed by atoms with Crippen molar-refractivity contribution in [3.63, 3.8) is 0 Å². The van der Waals surface area contributed by atoms with Gasteiger partial charge in [-0.3, -0.25) is 19.2 Å². The molecule has 0 radical (unpaired) electrons. The molecular weight excluding hydrogens is 478 g/mol. The van der Waals surface area contributed by atoms with E-state index in [9.17, 15) is 19.2 Å². The summed E-state index contributed by atoms with van der Waals surface area (Å²) in [6, 6.07) is 6.63. The van der Waals surface area contributed by atoms with Crippen LogP contribution in [0.15, 0.2) is 30.6 Å². The van der Waals surface area contributed by atoms with E-state index in [1.807, 2.05) is 0 Å². The number of Topliss-reactive ketones (excluding diaryl/α,β-unsaturated/α-hetero) is 1. The second kappa shape index (κ2) is 10.3. The van der Waals surface area contributed by atoms with Crippen molar-refractivity contribution < 1.29 is 23.9 Å². The average molecular weight is 506 g/mol. The van der Waals surface area contributed by atoms with Crippen LogP contribution in [0.4, 0.5) is 5.69 Å². The van der Waals surface area contributed by atoms with E-state index in [2.05, 4.69) is 31.0 Å². The van der Waals surface area contributed by atoms with Crippen molar-refractivity contribution in [2.45, 2.75) is 39.2 Å². The van der Waals surface area contributed by atoms with Gasteiger partial charge in [0.25, 0.3) is 23.5 Å². The fraction of sp³-hybridized carbons (Fsp3) is 0.400. The number of amides is 3. The quantitative estimate of drug-likeness (QED) is 0.436. The normalized spacial score (nSPS) is 18.9. The average Bonchev–Trinajstić information content (AvgIpc) is 3.38. The summed E-state index contributed by atoms with van der Waals surface area (Å²) >= 11 is 0. The van der Waals surface area contributed by atoms with Crippen LogP contribution in [0.5, 0.6) is 5.75 Å². The first-order chi connectivity index (χ1) is 17.9. The van der Waals surface area contributed by atoms with Gasteiger partial charge in [-0.1, -0.05) is 6.07 Å². The van der Waals surface area contributed by atoms with Gasteiger partial charge in [0.15, 0.2) is 6.61 Å². The lowest BCUT2D eigenvalue weighted by Crippen LogP contribution is -2.34. The molecule has 0 bridgehead atoms. The number of ether oxygens (including phenoxy) is 1. The van der Waals surface area contributed by atoms with Gasteiger partial charge in [-0.25, -0.2) is 4.98 Å². The summed E-state index contributed by atoms with van der Waals surface area (Å²) in [7, 11) is 0. The minimum absolute atomic E-state index is 0.0298. The van der Waals surface area contributed by atoms with Gasteiger partial charge >= 0.3 is 0 Å². The highest BCUT2D eigenvalue weighted by Crippen LogP contribution is 2.29. The van der Waals surface area contributed by atoms with Gasteiger partial charge in [-0.2, -0.15) is 14.6 Å². The van der Waals surface area contributed by atoms with E-state index in [1.165, 1.54) is 16.9 Å².